The van der Waals surface area contributed by atoms with Crippen LogP contribution in [-0.2, 0) is 18.1 Å². The maximum Gasteiger partial charge on any atom is 0.500 e. The van der Waals surface area contributed by atoms with Crippen molar-refractivity contribution in [2.45, 2.75) is 18.9 Å². The van der Waals surface area contributed by atoms with E-state index in [1.54, 1.807) is 27.4 Å². The molecule has 0 spiro atoms. The number of amides is 1. The van der Waals surface area contributed by atoms with E-state index in [1.807, 2.05) is 0 Å². The average Bonchev–Trinajstić information content (AvgIpc) is 2.31. The third-order valence-corrected chi connectivity index (χ3v) is 5.08. The monoisotopic (exact) mass is 247 g/mol. The number of carbonyl (C=O) groups is 1. The Hall–Kier alpha value is -0.693. The first-order chi connectivity index (χ1) is 7.64. The molecule has 0 saturated heterocycles. The van der Waals surface area contributed by atoms with Crippen molar-refractivity contribution in [2.24, 2.45) is 0 Å². The van der Waals surface area contributed by atoms with E-state index in [4.69, 9.17) is 13.3 Å². The van der Waals surface area contributed by atoms with Crippen LogP contribution in [-0.4, -0.2) is 42.6 Å². The number of rotatable bonds is 9. The van der Waals surface area contributed by atoms with Crippen LogP contribution in [0.1, 0.15) is 12.8 Å². The molecule has 0 rings (SSSR count). The summed E-state index contributed by atoms with van der Waals surface area (Å²) in [5.74, 6) is -0.0190. The Kier molecular flexibility index (Phi) is 8.09. The van der Waals surface area contributed by atoms with Gasteiger partial charge in [-0.3, -0.25) is 4.79 Å². The van der Waals surface area contributed by atoms with Gasteiger partial charge in [0, 0.05) is 40.3 Å². The van der Waals surface area contributed by atoms with E-state index in [0.29, 0.717) is 19.0 Å². The van der Waals surface area contributed by atoms with Gasteiger partial charge in [0.25, 0.3) is 0 Å². The lowest BCUT2D eigenvalue weighted by Gasteiger charge is -2.24. The largest absolute Gasteiger partial charge is 0.500 e. The van der Waals surface area contributed by atoms with E-state index in [-0.39, 0.29) is 5.91 Å². The van der Waals surface area contributed by atoms with Crippen LogP contribution in [0.2, 0.25) is 6.04 Å². The Bertz CT molecular complexity index is 211. The zero-order chi connectivity index (χ0) is 12.4. The van der Waals surface area contributed by atoms with Crippen molar-refractivity contribution < 1.29 is 18.1 Å². The van der Waals surface area contributed by atoms with Gasteiger partial charge in [-0.25, -0.2) is 0 Å². The molecule has 16 heavy (non-hydrogen) atoms. The van der Waals surface area contributed by atoms with Gasteiger partial charge in [-0.05, 0) is 6.42 Å². The van der Waals surface area contributed by atoms with Gasteiger partial charge in [-0.2, -0.15) is 0 Å². The molecule has 0 atom stereocenters. The molecule has 0 aliphatic heterocycles. The Balaban J connectivity index is 3.78. The van der Waals surface area contributed by atoms with Crippen molar-refractivity contribution in [1.29, 1.82) is 0 Å². The molecule has 0 aromatic heterocycles. The topological polar surface area (TPSA) is 56.8 Å². The number of hydrogen-bond acceptors (Lipinski definition) is 4. The molecule has 0 heterocycles. The fourth-order valence-corrected chi connectivity index (χ4v) is 3.01. The molecule has 0 saturated carbocycles. The highest BCUT2D eigenvalue weighted by Crippen LogP contribution is 2.14. The molecular weight excluding hydrogens is 226 g/mol. The van der Waals surface area contributed by atoms with Crippen molar-refractivity contribution in [3.63, 3.8) is 0 Å². The fraction of sp³-hybridized carbons (Fsp3) is 0.700. The summed E-state index contributed by atoms with van der Waals surface area (Å²) in [6.07, 6.45) is 2.69. The van der Waals surface area contributed by atoms with Crippen LogP contribution < -0.4 is 5.32 Å². The first-order valence-corrected chi connectivity index (χ1v) is 7.10. The normalized spacial score (nSPS) is 11.2. The second kappa shape index (κ2) is 8.46. The van der Waals surface area contributed by atoms with Gasteiger partial charge < -0.3 is 18.6 Å². The quantitative estimate of drug-likeness (QED) is 0.374. The number of carbonyl (C=O) groups excluding carboxylic acids is 1. The van der Waals surface area contributed by atoms with Crippen molar-refractivity contribution in [3.8, 4) is 0 Å². The average molecular weight is 247 g/mol. The summed E-state index contributed by atoms with van der Waals surface area (Å²) in [6.45, 7) is 4.09. The highest BCUT2D eigenvalue weighted by atomic mass is 28.4. The van der Waals surface area contributed by atoms with Crippen LogP contribution in [0.5, 0.6) is 0 Å². The molecule has 0 aliphatic rings. The Morgan fingerprint density at radius 1 is 1.31 bits per heavy atom. The highest BCUT2D eigenvalue weighted by Gasteiger charge is 2.36. The second-order valence-corrected chi connectivity index (χ2v) is 6.33. The van der Waals surface area contributed by atoms with Crippen LogP contribution in [0.4, 0.5) is 0 Å². The summed E-state index contributed by atoms with van der Waals surface area (Å²) < 4.78 is 15.8. The van der Waals surface area contributed by atoms with Crippen molar-refractivity contribution in [1.82, 2.24) is 5.32 Å². The first-order valence-electron chi connectivity index (χ1n) is 5.17. The zero-order valence-electron chi connectivity index (χ0n) is 10.2. The maximum absolute atomic E-state index is 11.1. The lowest BCUT2D eigenvalue weighted by molar-refractivity contribution is -0.120. The molecule has 0 radical (unpaired) electrons. The number of hydrogen-bond donors (Lipinski definition) is 1. The minimum Gasteiger partial charge on any atom is -0.377 e. The molecular formula is C10H21NO4Si. The van der Waals surface area contributed by atoms with Gasteiger partial charge in [0.2, 0.25) is 5.91 Å². The van der Waals surface area contributed by atoms with Crippen LogP contribution in [0.3, 0.4) is 0 Å². The van der Waals surface area contributed by atoms with Gasteiger partial charge in [0.05, 0.1) is 0 Å². The molecule has 5 nitrogen and oxygen atoms in total. The molecule has 1 N–H and O–H groups in total. The first kappa shape index (κ1) is 15.3. The Morgan fingerprint density at radius 2 is 1.88 bits per heavy atom. The van der Waals surface area contributed by atoms with Gasteiger partial charge >= 0.3 is 8.80 Å². The molecule has 0 aliphatic carbocycles. The predicted octanol–water partition coefficient (Wildman–Crippen LogP) is 0.947. The van der Waals surface area contributed by atoms with Gasteiger partial charge in [0.15, 0.2) is 0 Å². The standard InChI is InChI=1S/C10H21NO4Si/c1-5-7-10(12)11-8-6-9-16(13-2,14-3)15-4/h5H,1,6-9H2,2-4H3,(H,11,12). The third-order valence-electron chi connectivity index (χ3n) is 2.24. The minimum absolute atomic E-state index is 0.0190. The van der Waals surface area contributed by atoms with E-state index >= 15 is 0 Å². The molecule has 0 unspecified atom stereocenters. The van der Waals surface area contributed by atoms with Crippen LogP contribution in [0, 0.1) is 0 Å². The van der Waals surface area contributed by atoms with E-state index < -0.39 is 8.80 Å². The summed E-state index contributed by atoms with van der Waals surface area (Å²) in [6, 6.07) is 0.685. The Labute approximate surface area is 98.1 Å². The fourth-order valence-electron chi connectivity index (χ4n) is 1.29. The van der Waals surface area contributed by atoms with E-state index in [0.717, 1.165) is 6.42 Å². The summed E-state index contributed by atoms with van der Waals surface area (Å²) in [5, 5.41) is 2.77. The summed E-state index contributed by atoms with van der Waals surface area (Å²) in [5.41, 5.74) is 0. The lowest BCUT2D eigenvalue weighted by atomic mass is 10.4. The van der Waals surface area contributed by atoms with Crippen molar-refractivity contribution in [2.75, 3.05) is 27.9 Å². The third kappa shape index (κ3) is 5.41. The summed E-state index contributed by atoms with van der Waals surface area (Å²) >= 11 is 0. The van der Waals surface area contributed by atoms with Gasteiger partial charge in [-0.15, -0.1) is 6.58 Å². The van der Waals surface area contributed by atoms with Crippen molar-refractivity contribution >= 4 is 14.7 Å². The molecule has 1 amide bonds. The second-order valence-electron chi connectivity index (χ2n) is 3.24. The minimum atomic E-state index is -2.48. The molecule has 0 bridgehead atoms. The van der Waals surface area contributed by atoms with Crippen molar-refractivity contribution in [3.05, 3.63) is 12.7 Å². The van der Waals surface area contributed by atoms with Crippen LogP contribution >= 0.6 is 0 Å². The number of nitrogens with one attached hydrogen (secondary N) is 1. The smallest absolute Gasteiger partial charge is 0.377 e. The molecule has 6 heteroatoms. The lowest BCUT2D eigenvalue weighted by Crippen LogP contribution is -2.43. The zero-order valence-corrected chi connectivity index (χ0v) is 11.2. The van der Waals surface area contributed by atoms with Gasteiger partial charge in [0.1, 0.15) is 0 Å². The van der Waals surface area contributed by atoms with E-state index in [9.17, 15) is 4.79 Å². The van der Waals surface area contributed by atoms with Crippen LogP contribution in [0.15, 0.2) is 12.7 Å². The predicted molar refractivity (Wildman–Crippen MR) is 64.0 cm³/mol. The van der Waals surface area contributed by atoms with Crippen LogP contribution in [0.25, 0.3) is 0 Å². The maximum atomic E-state index is 11.1. The molecule has 0 aromatic carbocycles. The van der Waals surface area contributed by atoms with E-state index in [2.05, 4.69) is 11.9 Å². The molecule has 0 aromatic rings. The summed E-state index contributed by atoms with van der Waals surface area (Å²) in [7, 11) is 2.26. The molecule has 0 fully saturated rings. The van der Waals surface area contributed by atoms with Gasteiger partial charge in [-0.1, -0.05) is 6.08 Å². The highest BCUT2D eigenvalue weighted by molar-refractivity contribution is 6.60. The SMILES string of the molecule is C=CCC(=O)NCCC[Si](OC)(OC)OC. The van der Waals surface area contributed by atoms with E-state index in [1.165, 1.54) is 0 Å². The molecule has 94 valence electrons. The summed E-state index contributed by atoms with van der Waals surface area (Å²) in [4.78, 5) is 11.1. The Morgan fingerprint density at radius 3 is 2.31 bits per heavy atom.